The number of amides is 1. The molecule has 1 amide bonds. The predicted octanol–water partition coefficient (Wildman–Crippen LogP) is 0.618. The Morgan fingerprint density at radius 1 is 1.40 bits per heavy atom. The average Bonchev–Trinajstić information content (AvgIpc) is 2.52. The molecule has 0 aliphatic carbocycles. The molecule has 0 spiro atoms. The molecular formula is C16H22N2O6S. The Labute approximate surface area is 146 Å². The minimum atomic E-state index is -3.38. The highest BCUT2D eigenvalue weighted by atomic mass is 32.2. The van der Waals surface area contributed by atoms with E-state index in [4.69, 9.17) is 4.74 Å². The zero-order valence-corrected chi connectivity index (χ0v) is 15.2. The van der Waals surface area contributed by atoms with Crippen molar-refractivity contribution < 1.29 is 27.9 Å². The van der Waals surface area contributed by atoms with Gasteiger partial charge in [-0.1, -0.05) is 0 Å². The molecule has 8 nitrogen and oxygen atoms in total. The first-order valence-corrected chi connectivity index (χ1v) is 9.59. The van der Waals surface area contributed by atoms with Crippen LogP contribution in [0.25, 0.3) is 0 Å². The van der Waals surface area contributed by atoms with E-state index in [9.17, 15) is 23.1 Å². The quantitative estimate of drug-likeness (QED) is 0.759. The number of sulfonamides is 1. The Kier molecular flexibility index (Phi) is 5.38. The summed E-state index contributed by atoms with van der Waals surface area (Å²) in [7, 11) is -2.03. The molecule has 0 saturated heterocycles. The maximum Gasteiger partial charge on any atom is 0.331 e. The minimum Gasteiger partial charge on any atom is -0.479 e. The van der Waals surface area contributed by atoms with E-state index in [1.54, 1.807) is 12.1 Å². The van der Waals surface area contributed by atoms with E-state index in [-0.39, 0.29) is 12.2 Å². The molecule has 1 heterocycles. The zero-order chi connectivity index (χ0) is 18.8. The lowest BCUT2D eigenvalue weighted by Crippen LogP contribution is -2.55. The van der Waals surface area contributed by atoms with Crippen LogP contribution in [0.2, 0.25) is 0 Å². The first kappa shape index (κ1) is 19.2. The fourth-order valence-electron chi connectivity index (χ4n) is 2.81. The number of methoxy groups -OCH3 is 1. The van der Waals surface area contributed by atoms with E-state index in [0.717, 1.165) is 11.8 Å². The number of hydrogen-bond donors (Lipinski definition) is 2. The van der Waals surface area contributed by atoms with Crippen molar-refractivity contribution in [1.82, 2.24) is 5.32 Å². The van der Waals surface area contributed by atoms with Gasteiger partial charge in [-0.15, -0.1) is 0 Å². The molecule has 1 aromatic carbocycles. The molecule has 0 bridgehead atoms. The second-order valence-corrected chi connectivity index (χ2v) is 8.21. The van der Waals surface area contributed by atoms with Crippen LogP contribution in [0.15, 0.2) is 18.2 Å². The van der Waals surface area contributed by atoms with Crippen LogP contribution in [0.4, 0.5) is 5.69 Å². The highest BCUT2D eigenvalue weighted by Crippen LogP contribution is 2.30. The van der Waals surface area contributed by atoms with Gasteiger partial charge in [-0.25, -0.2) is 13.2 Å². The SMILES string of the molecule is COCC(C)(NC(=O)c1ccc2c(c1)CCCN2S(C)(=O)=O)C(=O)O. The van der Waals surface area contributed by atoms with Crippen molar-refractivity contribution in [3.8, 4) is 0 Å². The molecule has 2 rings (SSSR count). The minimum absolute atomic E-state index is 0.180. The van der Waals surface area contributed by atoms with Crippen LogP contribution in [-0.2, 0) is 26.0 Å². The van der Waals surface area contributed by atoms with Crippen molar-refractivity contribution in [3.63, 3.8) is 0 Å². The van der Waals surface area contributed by atoms with Gasteiger partial charge in [0.2, 0.25) is 10.0 Å². The van der Waals surface area contributed by atoms with Gasteiger partial charge in [-0.2, -0.15) is 0 Å². The summed E-state index contributed by atoms with van der Waals surface area (Å²) < 4.78 is 29.9. The second-order valence-electron chi connectivity index (χ2n) is 6.31. The van der Waals surface area contributed by atoms with Crippen molar-refractivity contribution in [3.05, 3.63) is 29.3 Å². The van der Waals surface area contributed by atoms with Gasteiger partial charge in [0.15, 0.2) is 5.54 Å². The summed E-state index contributed by atoms with van der Waals surface area (Å²) in [5.74, 6) is -1.76. The molecule has 0 fully saturated rings. The third kappa shape index (κ3) is 4.10. The van der Waals surface area contributed by atoms with Crippen molar-refractivity contribution in [2.75, 3.05) is 30.8 Å². The van der Waals surface area contributed by atoms with Crippen LogP contribution in [-0.4, -0.2) is 57.5 Å². The molecule has 1 aliphatic rings. The Morgan fingerprint density at radius 2 is 2.08 bits per heavy atom. The molecule has 2 N–H and O–H groups in total. The van der Waals surface area contributed by atoms with Gasteiger partial charge < -0.3 is 15.2 Å². The maximum atomic E-state index is 12.4. The van der Waals surface area contributed by atoms with Crippen LogP contribution in [0.3, 0.4) is 0 Å². The summed E-state index contributed by atoms with van der Waals surface area (Å²) in [6.07, 6.45) is 2.45. The van der Waals surface area contributed by atoms with Gasteiger partial charge in [-0.3, -0.25) is 9.10 Å². The van der Waals surface area contributed by atoms with Crippen LogP contribution in [0.1, 0.15) is 29.3 Å². The highest BCUT2D eigenvalue weighted by molar-refractivity contribution is 7.92. The molecule has 0 aromatic heterocycles. The first-order chi connectivity index (χ1) is 11.6. The number of aryl methyl sites for hydroxylation is 1. The van der Waals surface area contributed by atoms with Gasteiger partial charge in [0.25, 0.3) is 5.91 Å². The number of nitrogens with zero attached hydrogens (tertiary/aromatic N) is 1. The summed E-state index contributed by atoms with van der Waals surface area (Å²) >= 11 is 0. The highest BCUT2D eigenvalue weighted by Gasteiger charge is 2.35. The summed E-state index contributed by atoms with van der Waals surface area (Å²) in [6, 6.07) is 4.68. The summed E-state index contributed by atoms with van der Waals surface area (Å²) in [4.78, 5) is 23.8. The number of carboxylic acids is 1. The molecule has 0 saturated carbocycles. The van der Waals surface area contributed by atoms with Crippen molar-refractivity contribution in [1.29, 1.82) is 0 Å². The lowest BCUT2D eigenvalue weighted by molar-refractivity contribution is -0.145. The monoisotopic (exact) mass is 370 g/mol. The lowest BCUT2D eigenvalue weighted by Gasteiger charge is -2.30. The predicted molar refractivity (Wildman–Crippen MR) is 92.3 cm³/mol. The Hall–Kier alpha value is -2.13. The summed E-state index contributed by atoms with van der Waals surface area (Å²) in [5.41, 5.74) is 0.0227. The number of fused-ring (bicyclic) bond motifs is 1. The van der Waals surface area contributed by atoms with Crippen LogP contribution in [0, 0.1) is 0 Å². The average molecular weight is 370 g/mol. The molecule has 138 valence electrons. The summed E-state index contributed by atoms with van der Waals surface area (Å²) in [6.45, 7) is 1.59. The number of ether oxygens (including phenoxy) is 1. The molecule has 25 heavy (non-hydrogen) atoms. The fourth-order valence-corrected chi connectivity index (χ4v) is 3.81. The molecular weight excluding hydrogens is 348 g/mol. The number of carboxylic acid groups (broad SMARTS) is 1. The van der Waals surface area contributed by atoms with Gasteiger partial charge in [0.05, 0.1) is 18.6 Å². The molecule has 9 heteroatoms. The van der Waals surface area contributed by atoms with Crippen molar-refractivity contribution in [2.24, 2.45) is 0 Å². The molecule has 1 aromatic rings. The van der Waals surface area contributed by atoms with E-state index >= 15 is 0 Å². The van der Waals surface area contributed by atoms with Crippen molar-refractivity contribution in [2.45, 2.75) is 25.3 Å². The molecule has 0 radical (unpaired) electrons. The number of carbonyl (C=O) groups is 2. The smallest absolute Gasteiger partial charge is 0.331 e. The Balaban J connectivity index is 2.30. The fraction of sp³-hybridized carbons (Fsp3) is 0.500. The van der Waals surface area contributed by atoms with Gasteiger partial charge >= 0.3 is 5.97 Å². The van der Waals surface area contributed by atoms with E-state index in [1.807, 2.05) is 0 Å². The number of carbonyl (C=O) groups excluding carboxylic acids is 1. The lowest BCUT2D eigenvalue weighted by atomic mass is 9.99. The van der Waals surface area contributed by atoms with Gasteiger partial charge in [0, 0.05) is 19.2 Å². The van der Waals surface area contributed by atoms with E-state index in [1.165, 1.54) is 24.4 Å². The third-order valence-electron chi connectivity index (χ3n) is 4.11. The molecule has 1 unspecified atom stereocenters. The topological polar surface area (TPSA) is 113 Å². The van der Waals surface area contributed by atoms with Crippen LogP contribution >= 0.6 is 0 Å². The Bertz CT molecular complexity index is 792. The number of anilines is 1. The number of rotatable bonds is 6. The van der Waals surface area contributed by atoms with E-state index in [2.05, 4.69) is 5.32 Å². The standard InChI is InChI=1S/C16H22N2O6S/c1-16(10-24-2,15(20)21)17-14(19)12-6-7-13-11(9-12)5-4-8-18(13)25(3,22)23/h6-7,9H,4-5,8,10H2,1-3H3,(H,17,19)(H,20,21). The van der Waals surface area contributed by atoms with Crippen molar-refractivity contribution >= 4 is 27.6 Å². The number of aliphatic carboxylic acids is 1. The largest absolute Gasteiger partial charge is 0.479 e. The number of benzene rings is 1. The van der Waals surface area contributed by atoms with Crippen LogP contribution in [0.5, 0.6) is 0 Å². The van der Waals surface area contributed by atoms with E-state index < -0.39 is 27.4 Å². The zero-order valence-electron chi connectivity index (χ0n) is 14.4. The van der Waals surface area contributed by atoms with Gasteiger partial charge in [0.1, 0.15) is 0 Å². The normalized spacial score (nSPS) is 16.7. The number of hydrogen-bond acceptors (Lipinski definition) is 5. The Morgan fingerprint density at radius 3 is 2.64 bits per heavy atom. The molecule has 1 atom stereocenters. The number of nitrogens with one attached hydrogen (secondary N) is 1. The second kappa shape index (κ2) is 7.01. The third-order valence-corrected chi connectivity index (χ3v) is 5.29. The van der Waals surface area contributed by atoms with Crippen LogP contribution < -0.4 is 9.62 Å². The maximum absolute atomic E-state index is 12.4. The first-order valence-electron chi connectivity index (χ1n) is 7.74. The molecule has 1 aliphatic heterocycles. The van der Waals surface area contributed by atoms with E-state index in [0.29, 0.717) is 25.1 Å². The summed E-state index contributed by atoms with van der Waals surface area (Å²) in [5, 5.41) is 11.8. The van der Waals surface area contributed by atoms with Gasteiger partial charge in [-0.05, 0) is 43.5 Å².